The van der Waals surface area contributed by atoms with Crippen molar-refractivity contribution in [3.8, 4) is 0 Å². The number of aryl methyl sites for hydroxylation is 3. The smallest absolute Gasteiger partial charge is 0.0666 e. The maximum Gasteiger partial charge on any atom is 0.0666 e. The number of hydrogen-bond acceptors (Lipinski definition) is 3. The van der Waals surface area contributed by atoms with Gasteiger partial charge in [-0.05, 0) is 25.0 Å². The van der Waals surface area contributed by atoms with Gasteiger partial charge in [-0.3, -0.25) is 4.68 Å². The molecule has 0 saturated heterocycles. The maximum absolute atomic E-state index is 4.45. The molecule has 2 aromatic heterocycles. The summed E-state index contributed by atoms with van der Waals surface area (Å²) in [7, 11) is 1.98. The van der Waals surface area contributed by atoms with Crippen LogP contribution in [-0.4, -0.2) is 9.78 Å². The summed E-state index contributed by atoms with van der Waals surface area (Å²) >= 11 is 1.90. The summed E-state index contributed by atoms with van der Waals surface area (Å²) in [6.45, 7) is 6.20. The predicted octanol–water partition coefficient (Wildman–Crippen LogP) is 2.90. The topological polar surface area (TPSA) is 29.9 Å². The molecule has 1 N–H and O–H groups in total. The van der Waals surface area contributed by atoms with E-state index in [-0.39, 0.29) is 0 Å². The van der Waals surface area contributed by atoms with Crippen molar-refractivity contribution in [1.29, 1.82) is 0 Å². The SMILES string of the molecule is CCc1ccc(CNCc2cn(C)nc2CC)s1. The van der Waals surface area contributed by atoms with Gasteiger partial charge < -0.3 is 5.32 Å². The van der Waals surface area contributed by atoms with E-state index in [9.17, 15) is 0 Å². The van der Waals surface area contributed by atoms with E-state index in [0.29, 0.717) is 0 Å². The fourth-order valence-electron chi connectivity index (χ4n) is 2.06. The van der Waals surface area contributed by atoms with Crippen LogP contribution < -0.4 is 5.32 Å². The molecule has 0 amide bonds. The summed E-state index contributed by atoms with van der Waals surface area (Å²) in [5.74, 6) is 0. The molecule has 0 fully saturated rings. The van der Waals surface area contributed by atoms with Gasteiger partial charge in [-0.2, -0.15) is 5.10 Å². The molecule has 18 heavy (non-hydrogen) atoms. The Morgan fingerprint density at radius 3 is 2.61 bits per heavy atom. The van der Waals surface area contributed by atoms with Crippen molar-refractivity contribution in [1.82, 2.24) is 15.1 Å². The molecule has 2 heterocycles. The Labute approximate surface area is 113 Å². The second-order valence-corrected chi connectivity index (χ2v) is 5.71. The van der Waals surface area contributed by atoms with E-state index in [1.54, 1.807) is 0 Å². The monoisotopic (exact) mass is 263 g/mol. The molecule has 2 aromatic rings. The average Bonchev–Trinajstić information content (AvgIpc) is 2.96. The van der Waals surface area contributed by atoms with Crippen molar-refractivity contribution in [2.24, 2.45) is 7.05 Å². The Bertz CT molecular complexity index is 499. The lowest BCUT2D eigenvalue weighted by molar-refractivity contribution is 0.695. The first-order chi connectivity index (χ1) is 8.72. The Morgan fingerprint density at radius 2 is 1.94 bits per heavy atom. The van der Waals surface area contributed by atoms with Crippen LogP contribution in [0.1, 0.15) is 34.9 Å². The molecule has 0 aliphatic heterocycles. The van der Waals surface area contributed by atoms with Crippen LogP contribution in [0.4, 0.5) is 0 Å². The summed E-state index contributed by atoms with van der Waals surface area (Å²) in [5, 5.41) is 7.95. The highest BCUT2D eigenvalue weighted by atomic mass is 32.1. The first-order valence-corrected chi connectivity index (χ1v) is 7.34. The molecule has 0 radical (unpaired) electrons. The largest absolute Gasteiger partial charge is 0.308 e. The van der Waals surface area contributed by atoms with Gasteiger partial charge in [0.2, 0.25) is 0 Å². The van der Waals surface area contributed by atoms with Crippen molar-refractivity contribution in [3.63, 3.8) is 0 Å². The molecule has 0 aliphatic carbocycles. The maximum atomic E-state index is 4.45. The van der Waals surface area contributed by atoms with Crippen LogP contribution in [0.25, 0.3) is 0 Å². The minimum absolute atomic E-state index is 0.899. The molecule has 0 aromatic carbocycles. The van der Waals surface area contributed by atoms with Crippen molar-refractivity contribution >= 4 is 11.3 Å². The van der Waals surface area contributed by atoms with Crippen LogP contribution in [0.2, 0.25) is 0 Å². The molecule has 0 atom stereocenters. The molecular weight excluding hydrogens is 242 g/mol. The van der Waals surface area contributed by atoms with Gasteiger partial charge in [0.05, 0.1) is 5.69 Å². The molecule has 4 heteroatoms. The second-order valence-electron chi connectivity index (χ2n) is 4.45. The molecule has 3 nitrogen and oxygen atoms in total. The zero-order valence-electron chi connectivity index (χ0n) is 11.4. The lowest BCUT2D eigenvalue weighted by Crippen LogP contribution is -2.12. The lowest BCUT2D eigenvalue weighted by Gasteiger charge is -2.02. The van der Waals surface area contributed by atoms with E-state index in [1.165, 1.54) is 21.0 Å². The fraction of sp³-hybridized carbons (Fsp3) is 0.500. The predicted molar refractivity (Wildman–Crippen MR) is 76.8 cm³/mol. The Morgan fingerprint density at radius 1 is 1.17 bits per heavy atom. The van der Waals surface area contributed by atoms with E-state index in [0.717, 1.165) is 25.9 Å². The number of aromatic nitrogens is 2. The Kier molecular flexibility index (Phi) is 4.55. The van der Waals surface area contributed by atoms with Gasteiger partial charge in [0.15, 0.2) is 0 Å². The van der Waals surface area contributed by atoms with Gasteiger partial charge in [-0.15, -0.1) is 11.3 Å². The third kappa shape index (κ3) is 3.21. The summed E-state index contributed by atoms with van der Waals surface area (Å²) in [5.41, 5.74) is 2.51. The van der Waals surface area contributed by atoms with Crippen LogP contribution in [0.5, 0.6) is 0 Å². The van der Waals surface area contributed by atoms with Crippen LogP contribution in [-0.2, 0) is 33.0 Å². The van der Waals surface area contributed by atoms with Crippen molar-refractivity contribution in [2.45, 2.75) is 39.8 Å². The zero-order valence-corrected chi connectivity index (χ0v) is 12.2. The van der Waals surface area contributed by atoms with Crippen LogP contribution >= 0.6 is 11.3 Å². The molecule has 2 rings (SSSR count). The number of thiophene rings is 1. The zero-order chi connectivity index (χ0) is 13.0. The molecular formula is C14H21N3S. The number of nitrogens with one attached hydrogen (secondary N) is 1. The molecule has 0 aliphatic rings. The van der Waals surface area contributed by atoms with E-state index < -0.39 is 0 Å². The van der Waals surface area contributed by atoms with E-state index in [4.69, 9.17) is 0 Å². The van der Waals surface area contributed by atoms with Crippen molar-refractivity contribution < 1.29 is 0 Å². The third-order valence-electron chi connectivity index (χ3n) is 3.01. The number of nitrogens with zero attached hydrogens (tertiary/aromatic N) is 2. The standard InChI is InChI=1S/C14H21N3S/c1-4-12-6-7-13(18-12)9-15-8-11-10-17(3)16-14(11)5-2/h6-7,10,15H,4-5,8-9H2,1-3H3. The highest BCUT2D eigenvalue weighted by Crippen LogP contribution is 2.16. The van der Waals surface area contributed by atoms with Crippen LogP contribution in [0.15, 0.2) is 18.3 Å². The minimum atomic E-state index is 0.899. The third-order valence-corrected chi connectivity index (χ3v) is 4.24. The first-order valence-electron chi connectivity index (χ1n) is 6.52. The van der Waals surface area contributed by atoms with Gasteiger partial charge in [0.25, 0.3) is 0 Å². The quantitative estimate of drug-likeness (QED) is 0.868. The number of hydrogen-bond donors (Lipinski definition) is 1. The molecule has 0 spiro atoms. The molecule has 0 bridgehead atoms. The van der Waals surface area contributed by atoms with Crippen LogP contribution in [0.3, 0.4) is 0 Å². The summed E-state index contributed by atoms with van der Waals surface area (Å²) in [6.07, 6.45) is 4.24. The first kappa shape index (κ1) is 13.3. The molecule has 0 unspecified atom stereocenters. The van der Waals surface area contributed by atoms with Gasteiger partial charge in [-0.25, -0.2) is 0 Å². The average molecular weight is 263 g/mol. The highest BCUT2D eigenvalue weighted by Gasteiger charge is 2.05. The van der Waals surface area contributed by atoms with Crippen molar-refractivity contribution in [2.75, 3.05) is 0 Å². The van der Waals surface area contributed by atoms with E-state index in [1.807, 2.05) is 23.1 Å². The van der Waals surface area contributed by atoms with Gasteiger partial charge in [0.1, 0.15) is 0 Å². The summed E-state index contributed by atoms with van der Waals surface area (Å²) < 4.78 is 1.90. The Hall–Kier alpha value is -1.13. The Balaban J connectivity index is 1.87. The van der Waals surface area contributed by atoms with E-state index in [2.05, 4.69) is 42.6 Å². The molecule has 98 valence electrons. The van der Waals surface area contributed by atoms with Crippen LogP contribution in [0, 0.1) is 0 Å². The number of rotatable bonds is 6. The summed E-state index contributed by atoms with van der Waals surface area (Å²) in [4.78, 5) is 2.87. The van der Waals surface area contributed by atoms with E-state index >= 15 is 0 Å². The van der Waals surface area contributed by atoms with Gasteiger partial charge in [0, 0.05) is 41.7 Å². The normalized spacial score (nSPS) is 11.1. The second kappa shape index (κ2) is 6.16. The minimum Gasteiger partial charge on any atom is -0.308 e. The fourth-order valence-corrected chi connectivity index (χ4v) is 2.98. The van der Waals surface area contributed by atoms with Gasteiger partial charge >= 0.3 is 0 Å². The van der Waals surface area contributed by atoms with Crippen molar-refractivity contribution in [3.05, 3.63) is 39.3 Å². The summed E-state index contributed by atoms with van der Waals surface area (Å²) in [6, 6.07) is 4.45. The molecule has 0 saturated carbocycles. The van der Waals surface area contributed by atoms with Gasteiger partial charge in [-0.1, -0.05) is 13.8 Å². The lowest BCUT2D eigenvalue weighted by atomic mass is 10.2. The highest BCUT2D eigenvalue weighted by molar-refractivity contribution is 7.11.